The quantitative estimate of drug-likeness (QED) is 0.685. The summed E-state index contributed by atoms with van der Waals surface area (Å²) in [6.07, 6.45) is 4.03. The molecule has 0 radical (unpaired) electrons. The molecule has 2 heterocycles. The third-order valence-corrected chi connectivity index (χ3v) is 4.63. The Labute approximate surface area is 143 Å². The maximum Gasteiger partial charge on any atom is 0.229 e. The van der Waals surface area contributed by atoms with Crippen molar-refractivity contribution in [2.75, 3.05) is 5.32 Å². The molecule has 0 saturated heterocycles. The van der Waals surface area contributed by atoms with Crippen molar-refractivity contribution in [3.63, 3.8) is 0 Å². The minimum absolute atomic E-state index is 0.0744. The van der Waals surface area contributed by atoms with Gasteiger partial charge in [-0.15, -0.1) is 0 Å². The summed E-state index contributed by atoms with van der Waals surface area (Å²) in [5.74, 6) is -0.110. The molecule has 1 aliphatic carbocycles. The average molecular weight is 339 g/mol. The molecule has 0 aliphatic heterocycles. The van der Waals surface area contributed by atoms with E-state index < -0.39 is 0 Å². The number of halogens is 1. The second-order valence-electron chi connectivity index (χ2n) is 6.45. The molecule has 1 amide bonds. The number of hydrogen-bond acceptors (Lipinski definition) is 3. The molecule has 4 rings (SSSR count). The normalized spacial score (nSPS) is 16.5. The Balaban J connectivity index is 1.48. The van der Waals surface area contributed by atoms with Crippen molar-refractivity contribution in [3.05, 3.63) is 53.1 Å². The van der Waals surface area contributed by atoms with Gasteiger partial charge in [-0.25, -0.2) is 4.39 Å². The number of amides is 1. The largest absolute Gasteiger partial charge is 0.309 e. The Morgan fingerprint density at radius 2 is 2.20 bits per heavy atom. The third kappa shape index (κ3) is 3.05. The van der Waals surface area contributed by atoms with E-state index in [1.54, 1.807) is 24.4 Å². The number of aromatic amines is 2. The first kappa shape index (κ1) is 15.6. The van der Waals surface area contributed by atoms with Gasteiger partial charge in [-0.1, -0.05) is 11.6 Å². The van der Waals surface area contributed by atoms with E-state index in [4.69, 9.17) is 0 Å². The third-order valence-electron chi connectivity index (χ3n) is 4.63. The lowest BCUT2D eigenvalue weighted by molar-refractivity contribution is -0.120. The van der Waals surface area contributed by atoms with Gasteiger partial charge in [0, 0.05) is 23.2 Å². The highest BCUT2D eigenvalue weighted by molar-refractivity contribution is 5.92. The lowest BCUT2D eigenvalue weighted by Gasteiger charge is -2.20. The standard InChI is InChI=1S/C18H18FN5O/c1-10-2-4-14(19)13(6-10)16-8-17(24-23-16)21-18(25)11-3-5-15-12(7-11)9-20-22-15/h2,4,6,8-9,11H,3,5,7H2,1H3,(H,20,22)(H2,21,23,24,25). The zero-order chi connectivity index (χ0) is 17.4. The second kappa shape index (κ2) is 6.16. The van der Waals surface area contributed by atoms with Crippen LogP contribution in [0.1, 0.15) is 23.2 Å². The van der Waals surface area contributed by atoms with Gasteiger partial charge in [-0.05, 0) is 43.9 Å². The van der Waals surface area contributed by atoms with Crippen LogP contribution < -0.4 is 5.32 Å². The van der Waals surface area contributed by atoms with Gasteiger partial charge in [-0.3, -0.25) is 15.0 Å². The van der Waals surface area contributed by atoms with Crippen LogP contribution >= 0.6 is 0 Å². The minimum atomic E-state index is -0.327. The average Bonchev–Trinajstić information content (AvgIpc) is 3.25. The van der Waals surface area contributed by atoms with Gasteiger partial charge in [0.05, 0.1) is 11.9 Å². The molecular formula is C18H18FN5O. The molecule has 2 aromatic heterocycles. The van der Waals surface area contributed by atoms with Crippen LogP contribution in [-0.2, 0) is 17.6 Å². The van der Waals surface area contributed by atoms with E-state index in [0.29, 0.717) is 23.5 Å². The number of anilines is 1. The molecule has 3 aromatic rings. The Bertz CT molecular complexity index is 929. The fourth-order valence-electron chi connectivity index (χ4n) is 3.24. The van der Waals surface area contributed by atoms with E-state index in [9.17, 15) is 9.18 Å². The van der Waals surface area contributed by atoms with E-state index in [1.807, 2.05) is 6.92 Å². The molecule has 7 heteroatoms. The molecule has 1 aliphatic rings. The molecule has 25 heavy (non-hydrogen) atoms. The molecule has 0 spiro atoms. The number of rotatable bonds is 3. The van der Waals surface area contributed by atoms with Crippen molar-refractivity contribution in [1.29, 1.82) is 0 Å². The maximum atomic E-state index is 14.0. The summed E-state index contributed by atoms with van der Waals surface area (Å²) >= 11 is 0. The summed E-state index contributed by atoms with van der Waals surface area (Å²) in [7, 11) is 0. The van der Waals surface area contributed by atoms with Gasteiger partial charge < -0.3 is 5.32 Å². The van der Waals surface area contributed by atoms with Crippen LogP contribution in [0.4, 0.5) is 10.2 Å². The van der Waals surface area contributed by atoms with E-state index >= 15 is 0 Å². The molecule has 1 unspecified atom stereocenters. The molecule has 3 N–H and O–H groups in total. The van der Waals surface area contributed by atoms with Crippen LogP contribution in [-0.4, -0.2) is 26.3 Å². The highest BCUT2D eigenvalue weighted by Crippen LogP contribution is 2.27. The molecule has 128 valence electrons. The Morgan fingerprint density at radius 1 is 1.32 bits per heavy atom. The van der Waals surface area contributed by atoms with E-state index in [0.717, 1.165) is 29.7 Å². The summed E-state index contributed by atoms with van der Waals surface area (Å²) in [5.41, 5.74) is 4.14. The van der Waals surface area contributed by atoms with Crippen molar-refractivity contribution >= 4 is 11.7 Å². The van der Waals surface area contributed by atoms with E-state index in [2.05, 4.69) is 25.7 Å². The summed E-state index contributed by atoms with van der Waals surface area (Å²) < 4.78 is 14.0. The molecule has 1 aromatic carbocycles. The Hall–Kier alpha value is -2.96. The Morgan fingerprint density at radius 3 is 3.08 bits per heavy atom. The molecule has 1 atom stereocenters. The van der Waals surface area contributed by atoms with Crippen LogP contribution in [0.3, 0.4) is 0 Å². The molecule has 0 saturated carbocycles. The van der Waals surface area contributed by atoms with Gasteiger partial charge in [0.15, 0.2) is 5.82 Å². The number of aryl methyl sites for hydroxylation is 2. The van der Waals surface area contributed by atoms with Crippen LogP contribution in [0, 0.1) is 18.7 Å². The smallest absolute Gasteiger partial charge is 0.229 e. The number of fused-ring (bicyclic) bond motifs is 1. The summed E-state index contributed by atoms with van der Waals surface area (Å²) in [6.45, 7) is 1.90. The Kier molecular flexibility index (Phi) is 3.83. The lowest BCUT2D eigenvalue weighted by atomic mass is 9.87. The zero-order valence-corrected chi connectivity index (χ0v) is 13.8. The predicted octanol–water partition coefficient (Wildman–Crippen LogP) is 2.99. The van der Waals surface area contributed by atoms with Gasteiger partial charge in [0.2, 0.25) is 5.91 Å². The van der Waals surface area contributed by atoms with Crippen LogP contribution in [0.5, 0.6) is 0 Å². The summed E-state index contributed by atoms with van der Waals surface area (Å²) in [5, 5.41) is 16.7. The first-order valence-electron chi connectivity index (χ1n) is 8.24. The molecule has 6 nitrogen and oxygen atoms in total. The number of nitrogens with zero attached hydrogens (tertiary/aromatic N) is 2. The highest BCUT2D eigenvalue weighted by atomic mass is 19.1. The summed E-state index contributed by atoms with van der Waals surface area (Å²) in [6, 6.07) is 6.54. The first-order chi connectivity index (χ1) is 12.1. The maximum absolute atomic E-state index is 14.0. The van der Waals surface area contributed by atoms with Crippen molar-refractivity contribution < 1.29 is 9.18 Å². The number of H-pyrrole nitrogens is 2. The van der Waals surface area contributed by atoms with Crippen molar-refractivity contribution in [2.45, 2.75) is 26.2 Å². The van der Waals surface area contributed by atoms with E-state index in [-0.39, 0.29) is 17.6 Å². The first-order valence-corrected chi connectivity index (χ1v) is 8.24. The number of hydrogen-bond donors (Lipinski definition) is 3. The van der Waals surface area contributed by atoms with E-state index in [1.165, 1.54) is 6.07 Å². The van der Waals surface area contributed by atoms with Gasteiger partial charge in [0.1, 0.15) is 5.82 Å². The number of benzene rings is 1. The van der Waals surface area contributed by atoms with Crippen LogP contribution in [0.25, 0.3) is 11.3 Å². The fourth-order valence-corrected chi connectivity index (χ4v) is 3.24. The topological polar surface area (TPSA) is 86.5 Å². The predicted molar refractivity (Wildman–Crippen MR) is 91.5 cm³/mol. The summed E-state index contributed by atoms with van der Waals surface area (Å²) in [4.78, 5) is 12.5. The number of aromatic nitrogens is 4. The number of nitrogens with one attached hydrogen (secondary N) is 3. The number of carbonyl (C=O) groups excluding carboxylic acids is 1. The highest BCUT2D eigenvalue weighted by Gasteiger charge is 2.26. The van der Waals surface area contributed by atoms with Gasteiger partial charge >= 0.3 is 0 Å². The van der Waals surface area contributed by atoms with Crippen molar-refractivity contribution in [3.8, 4) is 11.3 Å². The lowest BCUT2D eigenvalue weighted by Crippen LogP contribution is -2.28. The minimum Gasteiger partial charge on any atom is -0.309 e. The molecule has 0 fully saturated rings. The van der Waals surface area contributed by atoms with Crippen LogP contribution in [0.2, 0.25) is 0 Å². The molecule has 0 bridgehead atoms. The van der Waals surface area contributed by atoms with Crippen LogP contribution in [0.15, 0.2) is 30.5 Å². The van der Waals surface area contributed by atoms with Gasteiger partial charge in [-0.2, -0.15) is 10.2 Å². The van der Waals surface area contributed by atoms with Gasteiger partial charge in [0.25, 0.3) is 0 Å². The van der Waals surface area contributed by atoms with Crippen molar-refractivity contribution in [2.24, 2.45) is 5.92 Å². The monoisotopic (exact) mass is 339 g/mol. The molecular weight excluding hydrogens is 321 g/mol. The zero-order valence-electron chi connectivity index (χ0n) is 13.8. The fraction of sp³-hybridized carbons (Fsp3) is 0.278. The second-order valence-corrected chi connectivity index (χ2v) is 6.45. The van der Waals surface area contributed by atoms with Crippen molar-refractivity contribution in [1.82, 2.24) is 20.4 Å². The number of carbonyl (C=O) groups is 1. The SMILES string of the molecule is Cc1ccc(F)c(-c2cc(NC(=O)C3CCc4[nH]ncc4C3)n[nH]2)c1.